The summed E-state index contributed by atoms with van der Waals surface area (Å²) in [7, 11) is 1.39. The molecule has 332 valence electrons. The van der Waals surface area contributed by atoms with Crippen LogP contribution < -0.4 is 30.6 Å². The maximum atomic E-state index is 13.2. The zero-order chi connectivity index (χ0) is 45.2. The molecule has 15 heteroatoms. The van der Waals surface area contributed by atoms with E-state index in [4.69, 9.17) is 18.6 Å². The number of nitrogens with zero attached hydrogens (tertiary/aromatic N) is 2. The van der Waals surface area contributed by atoms with Gasteiger partial charge in [-0.2, -0.15) is 0 Å². The molecule has 1 unspecified atom stereocenters. The Kier molecular flexibility index (Phi) is 14.5. The highest BCUT2D eigenvalue weighted by molar-refractivity contribution is 5.96. The summed E-state index contributed by atoms with van der Waals surface area (Å²) in [6.45, 7) is 7.16. The van der Waals surface area contributed by atoms with Crippen LogP contribution in [0.3, 0.4) is 0 Å². The average Bonchev–Trinajstić information content (AvgIpc) is 3.92. The number of carbonyl (C=O) groups is 3. The fraction of sp³-hybridized carbons (Fsp3) is 0.306. The van der Waals surface area contributed by atoms with Crippen LogP contribution in [0.1, 0.15) is 58.7 Å². The summed E-state index contributed by atoms with van der Waals surface area (Å²) in [6.07, 6.45) is 4.40. The summed E-state index contributed by atoms with van der Waals surface area (Å²) in [5.41, 5.74) is 6.96. The van der Waals surface area contributed by atoms with E-state index >= 15 is 0 Å². The number of carbonyl (C=O) groups excluding carboxylic acids is 3. The number of anilines is 1. The first kappa shape index (κ1) is 44.8. The molecule has 1 atom stereocenters. The van der Waals surface area contributed by atoms with Crippen molar-refractivity contribution in [3.63, 3.8) is 0 Å². The molecule has 5 aromatic carbocycles. The largest absolute Gasteiger partial charge is 0.495 e. The molecule has 1 saturated heterocycles. The van der Waals surface area contributed by atoms with Gasteiger partial charge in [-0.05, 0) is 116 Å². The number of rotatable bonds is 15. The molecule has 2 amide bonds. The second kappa shape index (κ2) is 20.7. The monoisotopic (exact) mass is 869 g/mol. The van der Waals surface area contributed by atoms with E-state index in [2.05, 4.69) is 32.7 Å². The van der Waals surface area contributed by atoms with E-state index in [1.807, 2.05) is 50.2 Å². The quantitative estimate of drug-likeness (QED) is 0.0665. The van der Waals surface area contributed by atoms with Gasteiger partial charge in [-0.1, -0.05) is 60.7 Å². The van der Waals surface area contributed by atoms with Gasteiger partial charge < -0.3 is 34.2 Å². The molecule has 1 aromatic heterocycles. The van der Waals surface area contributed by atoms with E-state index in [0.29, 0.717) is 42.2 Å². The Morgan fingerprint density at radius 1 is 0.859 bits per heavy atom. The molecule has 3 heterocycles. The van der Waals surface area contributed by atoms with Gasteiger partial charge in [0.25, 0.3) is 5.69 Å². The summed E-state index contributed by atoms with van der Waals surface area (Å²) < 4.78 is 21.1. The number of nitrogens with one attached hydrogen (secondary N) is 3. The number of aryl methyl sites for hydroxylation is 2. The zero-order valence-corrected chi connectivity index (χ0v) is 36.0. The number of aromatic nitrogens is 1. The number of piperidine rings is 1. The number of benzene rings is 5. The van der Waals surface area contributed by atoms with Crippen LogP contribution in [0.4, 0.5) is 16.2 Å². The third-order valence-corrected chi connectivity index (χ3v) is 11.6. The Labute approximate surface area is 369 Å². The van der Waals surface area contributed by atoms with Crippen molar-refractivity contribution < 1.29 is 37.9 Å². The summed E-state index contributed by atoms with van der Waals surface area (Å²) in [5.74, 6) is 2.15. The Morgan fingerprint density at radius 3 is 2.34 bits per heavy atom. The van der Waals surface area contributed by atoms with Crippen molar-refractivity contribution in [2.75, 3.05) is 38.9 Å². The smallest absolute Gasteiger partial charge is 0.417 e. The van der Waals surface area contributed by atoms with Crippen molar-refractivity contribution in [2.45, 2.75) is 58.4 Å². The molecular formula is C49H51N5O10. The molecule has 2 aliphatic heterocycles. The lowest BCUT2D eigenvalue weighted by Gasteiger charge is -2.31. The predicted molar refractivity (Wildman–Crippen MR) is 241 cm³/mol. The standard InChI is InChI=1S/C25H25N3O5.C24H26N2O5/c1-16-9-10-18(13-17(16)2)14-22(29)24(19-7-5-4-6-8-19)27-25(30)26-21-15-20(28(31)32)11-12-23(21)33-3;27-19(12-18-1-3-20-22(13-18)31-24(28)25-20)7-10-26-8-5-16(6-9-26)11-17-2-4-21-23(14-17)30-15-29-21/h4-13,15,24H,14H2,1-3H3,(H2,26,27,30);1-4,13-14,16H,5-12,15H2,(H,25,28). The van der Waals surface area contributed by atoms with Gasteiger partial charge in [-0.3, -0.25) is 24.7 Å². The molecule has 0 saturated carbocycles. The predicted octanol–water partition coefficient (Wildman–Crippen LogP) is 8.20. The van der Waals surface area contributed by atoms with Crippen LogP contribution in [0.5, 0.6) is 17.2 Å². The van der Waals surface area contributed by atoms with Crippen molar-refractivity contribution in [3.05, 3.63) is 157 Å². The Hall–Kier alpha value is -7.26. The average molecular weight is 870 g/mol. The fourth-order valence-corrected chi connectivity index (χ4v) is 7.92. The zero-order valence-electron chi connectivity index (χ0n) is 36.0. The van der Waals surface area contributed by atoms with Gasteiger partial charge in [0.2, 0.25) is 6.79 Å². The lowest BCUT2D eigenvalue weighted by molar-refractivity contribution is -0.384. The van der Waals surface area contributed by atoms with Crippen molar-refractivity contribution in [3.8, 4) is 17.2 Å². The van der Waals surface area contributed by atoms with Gasteiger partial charge in [0.15, 0.2) is 22.9 Å². The minimum absolute atomic E-state index is 0.123. The summed E-state index contributed by atoms with van der Waals surface area (Å²) in [4.78, 5) is 65.3. The summed E-state index contributed by atoms with van der Waals surface area (Å²) >= 11 is 0. The molecule has 1 fully saturated rings. The third-order valence-electron chi connectivity index (χ3n) is 11.6. The molecule has 0 aliphatic carbocycles. The van der Waals surface area contributed by atoms with Gasteiger partial charge in [-0.15, -0.1) is 0 Å². The third kappa shape index (κ3) is 11.8. The first-order valence-corrected chi connectivity index (χ1v) is 21.2. The number of hydrogen-bond acceptors (Lipinski definition) is 11. The maximum Gasteiger partial charge on any atom is 0.417 e. The Bertz CT molecular complexity index is 2690. The fourth-order valence-electron chi connectivity index (χ4n) is 7.92. The summed E-state index contributed by atoms with van der Waals surface area (Å²) in [5, 5.41) is 16.4. The van der Waals surface area contributed by atoms with E-state index in [1.165, 1.54) is 30.9 Å². The van der Waals surface area contributed by atoms with E-state index in [1.54, 1.807) is 36.4 Å². The van der Waals surface area contributed by atoms with E-state index in [0.717, 1.165) is 72.6 Å². The van der Waals surface area contributed by atoms with Crippen molar-refractivity contribution in [1.82, 2.24) is 15.2 Å². The summed E-state index contributed by atoms with van der Waals surface area (Å²) in [6, 6.07) is 28.7. The first-order chi connectivity index (χ1) is 30.9. The van der Waals surface area contributed by atoms with E-state index in [-0.39, 0.29) is 35.1 Å². The number of nitro benzene ring substituents is 1. The minimum atomic E-state index is -0.905. The number of ketones is 2. The number of ether oxygens (including phenoxy) is 3. The van der Waals surface area contributed by atoms with E-state index in [9.17, 15) is 29.3 Å². The van der Waals surface area contributed by atoms with Crippen molar-refractivity contribution in [2.24, 2.45) is 5.92 Å². The van der Waals surface area contributed by atoms with Crippen LogP contribution in [0.2, 0.25) is 0 Å². The number of non-ortho nitro benzene ring substituents is 1. The lowest BCUT2D eigenvalue weighted by Crippen LogP contribution is -2.37. The number of oxazole rings is 1. The van der Waals surface area contributed by atoms with Crippen LogP contribution >= 0.6 is 0 Å². The molecule has 2 aliphatic rings. The molecule has 8 rings (SSSR count). The van der Waals surface area contributed by atoms with Crippen molar-refractivity contribution in [1.29, 1.82) is 0 Å². The number of likely N-dealkylation sites (tertiary alicyclic amines) is 1. The highest BCUT2D eigenvalue weighted by atomic mass is 16.7. The number of urea groups is 1. The Morgan fingerprint density at radius 2 is 1.59 bits per heavy atom. The highest BCUT2D eigenvalue weighted by Gasteiger charge is 2.25. The van der Waals surface area contributed by atoms with Crippen LogP contribution in [-0.4, -0.2) is 65.9 Å². The van der Waals surface area contributed by atoms with Crippen LogP contribution in [0.25, 0.3) is 11.1 Å². The highest BCUT2D eigenvalue weighted by Crippen LogP contribution is 2.34. The number of aromatic amines is 1. The van der Waals surface area contributed by atoms with Gasteiger partial charge in [-0.25, -0.2) is 9.59 Å². The molecule has 64 heavy (non-hydrogen) atoms. The normalized spacial score (nSPS) is 14.0. The van der Waals surface area contributed by atoms with E-state index < -0.39 is 22.8 Å². The molecular weight excluding hydrogens is 819 g/mol. The second-order valence-electron chi connectivity index (χ2n) is 16.1. The topological polar surface area (TPSA) is 195 Å². The maximum absolute atomic E-state index is 13.2. The number of H-pyrrole nitrogens is 1. The van der Waals surface area contributed by atoms with Gasteiger partial charge in [0.05, 0.1) is 23.2 Å². The molecule has 0 bridgehead atoms. The number of hydrogen-bond donors (Lipinski definition) is 3. The second-order valence-corrected chi connectivity index (χ2v) is 16.1. The molecule has 3 N–H and O–H groups in total. The van der Waals surface area contributed by atoms with Crippen LogP contribution in [0, 0.1) is 29.9 Å². The molecule has 0 spiro atoms. The van der Waals surface area contributed by atoms with Crippen molar-refractivity contribution >= 4 is 40.1 Å². The number of amides is 2. The minimum Gasteiger partial charge on any atom is -0.495 e. The lowest BCUT2D eigenvalue weighted by atomic mass is 9.90. The molecule has 0 radical (unpaired) electrons. The van der Waals surface area contributed by atoms with Crippen LogP contribution in [-0.2, 0) is 28.9 Å². The SMILES string of the molecule is COc1ccc([N+](=O)[O-])cc1NC(=O)NC(C(=O)Cc1ccc(C)c(C)c1)c1ccccc1.O=C(CCN1CCC(Cc2ccc3c(c2)OCO3)CC1)Cc1ccc2[nH]c(=O)oc2c1. The van der Waals surface area contributed by atoms with Crippen LogP contribution in [0.15, 0.2) is 112 Å². The Balaban J connectivity index is 0.000000192. The number of nitro groups is 1. The van der Waals surface area contributed by atoms with Gasteiger partial charge in [0.1, 0.15) is 17.6 Å². The van der Waals surface area contributed by atoms with Gasteiger partial charge in [0, 0.05) is 37.9 Å². The number of fused-ring (bicyclic) bond motifs is 2. The first-order valence-electron chi connectivity index (χ1n) is 21.2. The molecule has 15 nitrogen and oxygen atoms in total. The number of Topliss-reactive ketones (excluding diaryl/α,β-unsaturated/α-hetero) is 2. The number of methoxy groups -OCH3 is 1. The van der Waals surface area contributed by atoms with Gasteiger partial charge >= 0.3 is 11.8 Å². The molecule has 6 aromatic rings.